The maximum Gasteiger partial charge on any atom is 0.0524 e. The summed E-state index contributed by atoms with van der Waals surface area (Å²) in [6, 6.07) is 0. The lowest BCUT2D eigenvalue weighted by atomic mass is 9.72. The number of rotatable bonds is 4. The molecule has 0 aromatic carbocycles. The highest BCUT2D eigenvalue weighted by atomic mass is 15.3. The highest BCUT2D eigenvalue weighted by Crippen LogP contribution is 2.39. The van der Waals surface area contributed by atoms with Crippen molar-refractivity contribution in [2.24, 2.45) is 17.6 Å². The van der Waals surface area contributed by atoms with E-state index in [4.69, 9.17) is 5.73 Å². The van der Waals surface area contributed by atoms with Crippen LogP contribution in [-0.4, -0.2) is 16.3 Å². The van der Waals surface area contributed by atoms with Crippen LogP contribution in [-0.2, 0) is 6.54 Å². The van der Waals surface area contributed by atoms with Crippen LogP contribution < -0.4 is 5.73 Å². The Morgan fingerprint density at radius 1 is 1.47 bits per heavy atom. The van der Waals surface area contributed by atoms with Crippen LogP contribution in [0, 0.1) is 11.8 Å². The quantitative estimate of drug-likeness (QED) is 0.872. The Morgan fingerprint density at radius 2 is 2.29 bits per heavy atom. The van der Waals surface area contributed by atoms with Crippen LogP contribution in [0.3, 0.4) is 0 Å². The van der Waals surface area contributed by atoms with Gasteiger partial charge >= 0.3 is 0 Å². The minimum atomic E-state index is 0.634. The molecule has 96 valence electrons. The topological polar surface area (TPSA) is 43.8 Å². The van der Waals surface area contributed by atoms with Gasteiger partial charge in [0.2, 0.25) is 0 Å². The predicted molar refractivity (Wildman–Crippen MR) is 70.8 cm³/mol. The van der Waals surface area contributed by atoms with Gasteiger partial charge in [0.15, 0.2) is 0 Å². The molecular weight excluding hydrogens is 210 g/mol. The van der Waals surface area contributed by atoms with E-state index in [1.165, 1.54) is 24.8 Å². The number of hydrogen-bond acceptors (Lipinski definition) is 2. The summed E-state index contributed by atoms with van der Waals surface area (Å²) >= 11 is 0. The molecule has 0 radical (unpaired) electrons. The highest BCUT2D eigenvalue weighted by molar-refractivity contribution is 5.14. The predicted octanol–water partition coefficient (Wildman–Crippen LogP) is 2.77. The van der Waals surface area contributed by atoms with Gasteiger partial charge in [0, 0.05) is 12.7 Å². The van der Waals surface area contributed by atoms with Gasteiger partial charge in [0.05, 0.1) is 6.20 Å². The zero-order valence-corrected chi connectivity index (χ0v) is 11.1. The van der Waals surface area contributed by atoms with E-state index in [0.29, 0.717) is 11.8 Å². The first kappa shape index (κ1) is 12.6. The molecule has 0 spiro atoms. The molecule has 1 aliphatic carbocycles. The molecule has 2 N–H and O–H groups in total. The van der Waals surface area contributed by atoms with Crippen molar-refractivity contribution in [2.75, 3.05) is 6.54 Å². The van der Waals surface area contributed by atoms with Gasteiger partial charge in [-0.15, -0.1) is 0 Å². The second-order valence-corrected chi connectivity index (χ2v) is 5.56. The summed E-state index contributed by atoms with van der Waals surface area (Å²) in [5.74, 6) is 2.12. The molecule has 3 heteroatoms. The number of hydrogen-bond donors (Lipinski definition) is 1. The third-order valence-corrected chi connectivity index (χ3v) is 4.09. The lowest BCUT2D eigenvalue weighted by molar-refractivity contribution is 0.253. The molecular formula is C14H25N3. The molecule has 0 bridgehead atoms. The summed E-state index contributed by atoms with van der Waals surface area (Å²) in [7, 11) is 0. The van der Waals surface area contributed by atoms with Gasteiger partial charge in [-0.3, -0.25) is 4.68 Å². The zero-order chi connectivity index (χ0) is 12.3. The third kappa shape index (κ3) is 2.89. The lowest BCUT2D eigenvalue weighted by Gasteiger charge is -2.33. The molecule has 17 heavy (non-hydrogen) atoms. The SMILES string of the molecule is CCCn1cc(C2CC(C)CCC2CN)cn1. The standard InChI is InChI=1S/C14H25N3/c1-3-6-17-10-13(9-16-17)14-7-11(2)4-5-12(14)8-15/h9-12,14H,3-8,15H2,1-2H3. The zero-order valence-electron chi connectivity index (χ0n) is 11.1. The molecule has 1 aromatic heterocycles. The molecule has 3 nitrogen and oxygen atoms in total. The molecule has 1 heterocycles. The van der Waals surface area contributed by atoms with E-state index >= 15 is 0 Å². The second-order valence-electron chi connectivity index (χ2n) is 5.56. The summed E-state index contributed by atoms with van der Waals surface area (Å²) in [6.45, 7) is 6.38. The Balaban J connectivity index is 2.11. The van der Waals surface area contributed by atoms with Crippen molar-refractivity contribution in [3.63, 3.8) is 0 Å². The maximum absolute atomic E-state index is 5.91. The molecule has 1 aromatic rings. The first-order valence-electron chi connectivity index (χ1n) is 6.97. The molecule has 0 saturated heterocycles. The summed E-state index contributed by atoms with van der Waals surface area (Å²) in [5.41, 5.74) is 7.32. The van der Waals surface area contributed by atoms with Gasteiger partial charge in [0.25, 0.3) is 0 Å². The fraction of sp³-hybridized carbons (Fsp3) is 0.786. The minimum Gasteiger partial charge on any atom is -0.330 e. The minimum absolute atomic E-state index is 0.634. The van der Waals surface area contributed by atoms with Crippen molar-refractivity contribution in [3.05, 3.63) is 18.0 Å². The van der Waals surface area contributed by atoms with Crippen molar-refractivity contribution in [1.29, 1.82) is 0 Å². The molecule has 0 amide bonds. The first-order valence-corrected chi connectivity index (χ1v) is 6.97. The highest BCUT2D eigenvalue weighted by Gasteiger charge is 2.29. The van der Waals surface area contributed by atoms with Crippen LogP contribution in [0.1, 0.15) is 51.0 Å². The maximum atomic E-state index is 5.91. The molecule has 1 saturated carbocycles. The van der Waals surface area contributed by atoms with E-state index in [0.717, 1.165) is 25.4 Å². The number of nitrogens with zero attached hydrogens (tertiary/aromatic N) is 2. The molecule has 1 fully saturated rings. The van der Waals surface area contributed by atoms with Gasteiger partial charge in [-0.1, -0.05) is 20.3 Å². The van der Waals surface area contributed by atoms with Crippen molar-refractivity contribution in [3.8, 4) is 0 Å². The molecule has 3 unspecified atom stereocenters. The van der Waals surface area contributed by atoms with Gasteiger partial charge in [-0.2, -0.15) is 5.10 Å². The summed E-state index contributed by atoms with van der Waals surface area (Å²) in [4.78, 5) is 0. The van der Waals surface area contributed by atoms with Crippen molar-refractivity contribution < 1.29 is 0 Å². The van der Waals surface area contributed by atoms with Crippen LogP contribution in [0.25, 0.3) is 0 Å². The Hall–Kier alpha value is -0.830. The average molecular weight is 235 g/mol. The Bertz CT molecular complexity index is 345. The van der Waals surface area contributed by atoms with E-state index in [1.54, 1.807) is 0 Å². The van der Waals surface area contributed by atoms with Crippen LogP contribution in [0.4, 0.5) is 0 Å². The number of aromatic nitrogens is 2. The summed E-state index contributed by atoms with van der Waals surface area (Å²) in [6.07, 6.45) is 9.32. The third-order valence-electron chi connectivity index (χ3n) is 4.09. The smallest absolute Gasteiger partial charge is 0.0524 e. The van der Waals surface area contributed by atoms with Crippen LogP contribution in [0.15, 0.2) is 12.4 Å². The largest absolute Gasteiger partial charge is 0.330 e. The summed E-state index contributed by atoms with van der Waals surface area (Å²) in [5, 5.41) is 4.45. The second kappa shape index (κ2) is 5.67. The Morgan fingerprint density at radius 3 is 3.00 bits per heavy atom. The molecule has 1 aliphatic rings. The van der Waals surface area contributed by atoms with Crippen LogP contribution in [0.2, 0.25) is 0 Å². The normalized spacial score (nSPS) is 29.5. The van der Waals surface area contributed by atoms with E-state index < -0.39 is 0 Å². The average Bonchev–Trinajstić information content (AvgIpc) is 2.78. The van der Waals surface area contributed by atoms with Crippen molar-refractivity contribution in [1.82, 2.24) is 9.78 Å². The van der Waals surface area contributed by atoms with Crippen molar-refractivity contribution in [2.45, 2.75) is 52.0 Å². The summed E-state index contributed by atoms with van der Waals surface area (Å²) < 4.78 is 2.07. The number of aryl methyl sites for hydroxylation is 1. The lowest BCUT2D eigenvalue weighted by Crippen LogP contribution is -2.28. The van der Waals surface area contributed by atoms with E-state index in [9.17, 15) is 0 Å². The van der Waals surface area contributed by atoms with Crippen molar-refractivity contribution >= 4 is 0 Å². The molecule has 0 aliphatic heterocycles. The Labute approximate surface area is 104 Å². The van der Waals surface area contributed by atoms with Crippen LogP contribution in [0.5, 0.6) is 0 Å². The van der Waals surface area contributed by atoms with Gasteiger partial charge in [-0.25, -0.2) is 0 Å². The molecule has 3 atom stereocenters. The fourth-order valence-corrected chi connectivity index (χ4v) is 3.06. The van der Waals surface area contributed by atoms with Gasteiger partial charge < -0.3 is 5.73 Å². The number of nitrogens with two attached hydrogens (primary N) is 1. The van der Waals surface area contributed by atoms with E-state index in [1.807, 2.05) is 0 Å². The fourth-order valence-electron chi connectivity index (χ4n) is 3.06. The van der Waals surface area contributed by atoms with Gasteiger partial charge in [0.1, 0.15) is 0 Å². The first-order chi connectivity index (χ1) is 8.24. The van der Waals surface area contributed by atoms with Gasteiger partial charge in [-0.05, 0) is 49.1 Å². The molecule has 2 rings (SSSR count). The van der Waals surface area contributed by atoms with E-state index in [2.05, 4.69) is 36.0 Å². The monoisotopic (exact) mass is 235 g/mol. The van der Waals surface area contributed by atoms with Crippen LogP contribution >= 0.6 is 0 Å². The Kier molecular flexibility index (Phi) is 4.21. The van der Waals surface area contributed by atoms with E-state index in [-0.39, 0.29) is 0 Å².